The van der Waals surface area contributed by atoms with E-state index in [0.717, 1.165) is 11.3 Å². The number of rotatable bonds is 3. The highest BCUT2D eigenvalue weighted by Crippen LogP contribution is 2.37. The van der Waals surface area contributed by atoms with Crippen LogP contribution in [0.15, 0.2) is 24.3 Å². The molecule has 1 atom stereocenters. The predicted molar refractivity (Wildman–Crippen MR) is 81.6 cm³/mol. The van der Waals surface area contributed by atoms with Crippen LogP contribution < -0.4 is 10.2 Å². The Bertz CT molecular complexity index is 549. The summed E-state index contributed by atoms with van der Waals surface area (Å²) in [6.07, 6.45) is 0.0417. The molecule has 1 aromatic carbocycles. The number of aliphatic carboxylic acids is 1. The Morgan fingerprint density at radius 2 is 2.00 bits per heavy atom. The van der Waals surface area contributed by atoms with Crippen LogP contribution in [0.5, 0.6) is 0 Å². The van der Waals surface area contributed by atoms with Crippen molar-refractivity contribution in [2.45, 2.75) is 33.1 Å². The maximum atomic E-state index is 12.4. The van der Waals surface area contributed by atoms with Gasteiger partial charge in [0, 0.05) is 24.7 Å². The first-order valence-electron chi connectivity index (χ1n) is 7.14. The van der Waals surface area contributed by atoms with E-state index in [0.29, 0.717) is 13.1 Å². The fourth-order valence-electron chi connectivity index (χ4n) is 2.51. The van der Waals surface area contributed by atoms with E-state index in [4.69, 9.17) is 5.11 Å². The van der Waals surface area contributed by atoms with E-state index in [1.807, 2.05) is 24.3 Å². The molecule has 0 bridgehead atoms. The first-order valence-corrected chi connectivity index (χ1v) is 7.14. The van der Waals surface area contributed by atoms with E-state index in [-0.39, 0.29) is 23.8 Å². The first-order chi connectivity index (χ1) is 9.78. The topological polar surface area (TPSA) is 69.6 Å². The molecule has 1 unspecified atom stereocenters. The van der Waals surface area contributed by atoms with Crippen molar-refractivity contribution in [1.29, 1.82) is 0 Å². The summed E-state index contributed by atoms with van der Waals surface area (Å²) >= 11 is 0. The predicted octanol–water partition coefficient (Wildman–Crippen LogP) is 2.82. The highest BCUT2D eigenvalue weighted by Gasteiger charge is 2.33. The van der Waals surface area contributed by atoms with E-state index < -0.39 is 5.97 Å². The summed E-state index contributed by atoms with van der Waals surface area (Å²) in [5.41, 5.74) is 1.76. The molecule has 1 aromatic rings. The lowest BCUT2D eigenvalue weighted by molar-refractivity contribution is -0.137. The summed E-state index contributed by atoms with van der Waals surface area (Å²) in [6.45, 7) is 7.16. The Balaban J connectivity index is 2.15. The number of urea groups is 1. The van der Waals surface area contributed by atoms with Crippen molar-refractivity contribution in [2.24, 2.45) is 5.41 Å². The number of hydrogen-bond donors (Lipinski definition) is 2. The molecule has 0 spiro atoms. The Labute approximate surface area is 125 Å². The van der Waals surface area contributed by atoms with E-state index in [1.54, 1.807) is 4.90 Å². The molecule has 0 radical (unpaired) electrons. The number of carbonyl (C=O) groups is 2. The summed E-state index contributed by atoms with van der Waals surface area (Å²) in [5.74, 6) is -0.981. The SMILES string of the molecule is CC(C)(C)CNC(=O)N1CC(CC(=O)O)c2ccccc21. The Kier molecular flexibility index (Phi) is 4.21. The fraction of sp³-hybridized carbons (Fsp3) is 0.500. The van der Waals surface area contributed by atoms with Crippen LogP contribution in [0.2, 0.25) is 0 Å². The monoisotopic (exact) mass is 290 g/mol. The van der Waals surface area contributed by atoms with Crippen LogP contribution in [-0.4, -0.2) is 30.2 Å². The number of benzene rings is 1. The molecule has 2 amide bonds. The van der Waals surface area contributed by atoms with E-state index >= 15 is 0 Å². The first kappa shape index (κ1) is 15.4. The lowest BCUT2D eigenvalue weighted by atomic mass is 9.97. The minimum Gasteiger partial charge on any atom is -0.481 e. The Morgan fingerprint density at radius 1 is 1.33 bits per heavy atom. The zero-order valence-electron chi connectivity index (χ0n) is 12.7. The van der Waals surface area contributed by atoms with Crippen molar-refractivity contribution in [3.05, 3.63) is 29.8 Å². The Morgan fingerprint density at radius 3 is 2.62 bits per heavy atom. The highest BCUT2D eigenvalue weighted by atomic mass is 16.4. The van der Waals surface area contributed by atoms with Crippen LogP contribution in [-0.2, 0) is 4.79 Å². The molecular formula is C16H22N2O3. The average molecular weight is 290 g/mol. The van der Waals surface area contributed by atoms with Gasteiger partial charge < -0.3 is 10.4 Å². The highest BCUT2D eigenvalue weighted by molar-refractivity contribution is 5.95. The molecule has 21 heavy (non-hydrogen) atoms. The maximum absolute atomic E-state index is 12.4. The largest absolute Gasteiger partial charge is 0.481 e. The molecule has 1 aliphatic heterocycles. The second kappa shape index (κ2) is 5.76. The smallest absolute Gasteiger partial charge is 0.321 e. The number of hydrogen-bond acceptors (Lipinski definition) is 2. The standard InChI is InChI=1S/C16H22N2O3/c1-16(2,3)10-17-15(21)18-9-11(8-14(19)20)12-6-4-5-7-13(12)18/h4-7,11H,8-10H2,1-3H3,(H,17,21)(H,19,20). The quantitative estimate of drug-likeness (QED) is 0.899. The van der Waals surface area contributed by atoms with E-state index in [2.05, 4.69) is 26.1 Å². The molecule has 114 valence electrons. The number of nitrogens with zero attached hydrogens (tertiary/aromatic N) is 1. The van der Waals surface area contributed by atoms with Crippen LogP contribution in [0.3, 0.4) is 0 Å². The molecule has 2 rings (SSSR count). The normalized spacial score (nSPS) is 17.5. The van der Waals surface area contributed by atoms with Gasteiger partial charge in [-0.1, -0.05) is 39.0 Å². The van der Waals surface area contributed by atoms with Gasteiger partial charge in [-0.25, -0.2) is 4.79 Å². The molecule has 0 fully saturated rings. The van der Waals surface area contributed by atoms with Crippen molar-refractivity contribution < 1.29 is 14.7 Å². The lowest BCUT2D eigenvalue weighted by Gasteiger charge is -2.23. The molecule has 0 aliphatic carbocycles. The van der Waals surface area contributed by atoms with Crippen molar-refractivity contribution in [3.8, 4) is 0 Å². The zero-order valence-corrected chi connectivity index (χ0v) is 12.7. The van der Waals surface area contributed by atoms with Gasteiger partial charge in [-0.05, 0) is 17.0 Å². The summed E-state index contributed by atoms with van der Waals surface area (Å²) in [4.78, 5) is 25.0. The van der Waals surface area contributed by atoms with Gasteiger partial charge in [-0.3, -0.25) is 9.69 Å². The molecule has 5 nitrogen and oxygen atoms in total. The van der Waals surface area contributed by atoms with Crippen molar-refractivity contribution >= 4 is 17.7 Å². The van der Waals surface area contributed by atoms with Crippen LogP contribution in [0, 0.1) is 5.41 Å². The van der Waals surface area contributed by atoms with Gasteiger partial charge in [-0.2, -0.15) is 0 Å². The zero-order chi connectivity index (χ0) is 15.6. The van der Waals surface area contributed by atoms with Gasteiger partial charge in [0.2, 0.25) is 0 Å². The summed E-state index contributed by atoms with van der Waals surface area (Å²) in [6, 6.07) is 7.36. The van der Waals surface area contributed by atoms with Crippen LogP contribution in [0.25, 0.3) is 0 Å². The van der Waals surface area contributed by atoms with E-state index in [1.165, 1.54) is 0 Å². The number of carboxylic acids is 1. The number of carboxylic acid groups (broad SMARTS) is 1. The van der Waals surface area contributed by atoms with Crippen molar-refractivity contribution in [3.63, 3.8) is 0 Å². The van der Waals surface area contributed by atoms with Gasteiger partial charge in [0.1, 0.15) is 0 Å². The van der Waals surface area contributed by atoms with Crippen LogP contribution >= 0.6 is 0 Å². The third-order valence-corrected chi connectivity index (χ3v) is 3.51. The van der Waals surface area contributed by atoms with Gasteiger partial charge in [0.05, 0.1) is 6.42 Å². The molecule has 1 heterocycles. The summed E-state index contributed by atoms with van der Waals surface area (Å²) in [5, 5.41) is 11.9. The van der Waals surface area contributed by atoms with Crippen LogP contribution in [0.1, 0.15) is 38.7 Å². The summed E-state index contributed by atoms with van der Waals surface area (Å²) < 4.78 is 0. The molecule has 0 saturated heterocycles. The molecule has 5 heteroatoms. The molecule has 2 N–H and O–H groups in total. The van der Waals surface area contributed by atoms with Crippen molar-refractivity contribution in [1.82, 2.24) is 5.32 Å². The van der Waals surface area contributed by atoms with Gasteiger partial charge in [0.15, 0.2) is 0 Å². The lowest BCUT2D eigenvalue weighted by Crippen LogP contribution is -2.42. The fourth-order valence-corrected chi connectivity index (χ4v) is 2.51. The average Bonchev–Trinajstić information content (AvgIpc) is 2.74. The number of amides is 2. The number of carbonyl (C=O) groups excluding carboxylic acids is 1. The van der Waals surface area contributed by atoms with Gasteiger partial charge in [-0.15, -0.1) is 0 Å². The third kappa shape index (κ3) is 3.74. The number of nitrogens with one attached hydrogen (secondary N) is 1. The Hall–Kier alpha value is -2.04. The minimum absolute atomic E-state index is 0.00929. The second-order valence-electron chi connectivity index (χ2n) is 6.68. The number of para-hydroxylation sites is 1. The molecule has 0 saturated carbocycles. The second-order valence-corrected chi connectivity index (χ2v) is 6.68. The van der Waals surface area contributed by atoms with Crippen LogP contribution in [0.4, 0.5) is 10.5 Å². The van der Waals surface area contributed by atoms with Gasteiger partial charge >= 0.3 is 12.0 Å². The summed E-state index contributed by atoms with van der Waals surface area (Å²) in [7, 11) is 0. The molecule has 0 aromatic heterocycles. The van der Waals surface area contributed by atoms with Crippen molar-refractivity contribution in [2.75, 3.05) is 18.0 Å². The molecule has 1 aliphatic rings. The maximum Gasteiger partial charge on any atom is 0.321 e. The number of anilines is 1. The van der Waals surface area contributed by atoms with Gasteiger partial charge in [0.25, 0.3) is 0 Å². The molecular weight excluding hydrogens is 268 g/mol. The third-order valence-electron chi connectivity index (χ3n) is 3.51. The number of fused-ring (bicyclic) bond motifs is 1. The minimum atomic E-state index is -0.841. The van der Waals surface area contributed by atoms with E-state index in [9.17, 15) is 9.59 Å².